The van der Waals surface area contributed by atoms with Crippen molar-refractivity contribution in [3.8, 4) is 11.1 Å². The van der Waals surface area contributed by atoms with Gasteiger partial charge in [0.1, 0.15) is 5.60 Å². The molecule has 2 atom stereocenters. The summed E-state index contributed by atoms with van der Waals surface area (Å²) in [5.41, 5.74) is 3.71. The van der Waals surface area contributed by atoms with Crippen LogP contribution in [0.2, 0.25) is 0 Å². The van der Waals surface area contributed by atoms with Crippen LogP contribution < -0.4 is 0 Å². The number of nitrogens with zero attached hydrogens (tertiary/aromatic N) is 2. The van der Waals surface area contributed by atoms with E-state index in [0.29, 0.717) is 25.3 Å². The first kappa shape index (κ1) is 23.6. The Labute approximate surface area is 207 Å². The Balaban J connectivity index is 1.33. The lowest BCUT2D eigenvalue weighted by molar-refractivity contribution is -0.101. The molecule has 35 heavy (non-hydrogen) atoms. The molecule has 5 nitrogen and oxygen atoms in total. The SMILES string of the molecule is C[C@@H](c1ccc(-c2ccnc(C3CC3)c2)cc1)N1CC[C@](CC(C)(C)O)(c2ccccc2)OC1=O. The molecule has 2 aliphatic rings. The van der Waals surface area contributed by atoms with Crippen LogP contribution in [0.4, 0.5) is 4.79 Å². The molecule has 0 bridgehead atoms. The first-order valence-electron chi connectivity index (χ1n) is 12.6. The summed E-state index contributed by atoms with van der Waals surface area (Å²) < 4.78 is 6.15. The lowest BCUT2D eigenvalue weighted by atomic mass is 9.80. The summed E-state index contributed by atoms with van der Waals surface area (Å²) >= 11 is 0. The van der Waals surface area contributed by atoms with E-state index in [9.17, 15) is 9.90 Å². The third-order valence-electron chi connectivity index (χ3n) is 7.26. The predicted octanol–water partition coefficient (Wildman–Crippen LogP) is 6.59. The minimum atomic E-state index is -0.966. The molecule has 182 valence electrons. The number of amides is 1. The molecule has 1 aromatic heterocycles. The smallest absolute Gasteiger partial charge is 0.411 e. The zero-order valence-corrected chi connectivity index (χ0v) is 20.8. The van der Waals surface area contributed by atoms with Crippen molar-refractivity contribution in [2.75, 3.05) is 6.54 Å². The number of carbonyl (C=O) groups excluding carboxylic acids is 1. The Bertz CT molecular complexity index is 1180. The standard InChI is InChI=1S/C30H34N2O3/c1-21(22-9-11-23(12-10-22)25-15-17-31-27(19-25)24-13-14-24)32-18-16-30(35-28(32)33,20-29(2,3)34)26-7-5-4-6-8-26/h4-12,15,17,19,21,24,34H,13-14,16,18,20H2,1-3H3/t21-,30-/m0/s1. The molecule has 5 rings (SSSR count). The average molecular weight is 471 g/mol. The maximum Gasteiger partial charge on any atom is 0.411 e. The van der Waals surface area contributed by atoms with E-state index in [4.69, 9.17) is 4.74 Å². The fraction of sp³-hybridized carbons (Fsp3) is 0.400. The number of cyclic esters (lactones) is 1. The van der Waals surface area contributed by atoms with E-state index in [1.165, 1.54) is 24.1 Å². The number of aromatic nitrogens is 1. The van der Waals surface area contributed by atoms with Crippen molar-refractivity contribution in [3.05, 3.63) is 89.7 Å². The summed E-state index contributed by atoms with van der Waals surface area (Å²) in [6.07, 6.45) is 5.00. The number of hydrogen-bond acceptors (Lipinski definition) is 4. The quantitative estimate of drug-likeness (QED) is 0.423. The van der Waals surface area contributed by atoms with Gasteiger partial charge in [0.2, 0.25) is 0 Å². The van der Waals surface area contributed by atoms with Crippen molar-refractivity contribution in [1.82, 2.24) is 9.88 Å². The summed E-state index contributed by atoms with van der Waals surface area (Å²) in [7, 11) is 0. The van der Waals surface area contributed by atoms with E-state index in [2.05, 4.69) is 41.4 Å². The van der Waals surface area contributed by atoms with Gasteiger partial charge >= 0.3 is 6.09 Å². The zero-order valence-electron chi connectivity index (χ0n) is 20.8. The molecule has 0 spiro atoms. The van der Waals surface area contributed by atoms with E-state index in [1.54, 1.807) is 18.7 Å². The van der Waals surface area contributed by atoms with Crippen molar-refractivity contribution < 1.29 is 14.6 Å². The first-order valence-corrected chi connectivity index (χ1v) is 12.6. The maximum absolute atomic E-state index is 13.3. The van der Waals surface area contributed by atoms with Crippen LogP contribution >= 0.6 is 0 Å². The Hall–Kier alpha value is -3.18. The van der Waals surface area contributed by atoms with E-state index in [-0.39, 0.29) is 12.1 Å². The van der Waals surface area contributed by atoms with Crippen molar-refractivity contribution in [2.45, 2.75) is 69.6 Å². The molecular weight excluding hydrogens is 436 g/mol. The van der Waals surface area contributed by atoms with Crippen LogP contribution in [0, 0.1) is 0 Å². The lowest BCUT2D eigenvalue weighted by Crippen LogP contribution is -2.51. The third kappa shape index (κ3) is 5.10. The molecule has 3 aromatic rings. The number of rotatable bonds is 7. The monoisotopic (exact) mass is 470 g/mol. The largest absolute Gasteiger partial charge is 0.438 e. The predicted molar refractivity (Wildman–Crippen MR) is 137 cm³/mol. The van der Waals surface area contributed by atoms with Crippen LogP contribution in [0.15, 0.2) is 72.9 Å². The molecule has 1 saturated heterocycles. The van der Waals surface area contributed by atoms with Gasteiger partial charge in [-0.2, -0.15) is 0 Å². The minimum absolute atomic E-state index is 0.119. The van der Waals surface area contributed by atoms with Gasteiger partial charge in [-0.25, -0.2) is 4.79 Å². The van der Waals surface area contributed by atoms with Gasteiger partial charge in [-0.15, -0.1) is 0 Å². The number of benzene rings is 2. The second-order valence-electron chi connectivity index (χ2n) is 10.7. The molecule has 2 fully saturated rings. The van der Waals surface area contributed by atoms with Gasteiger partial charge in [0.25, 0.3) is 0 Å². The van der Waals surface area contributed by atoms with Gasteiger partial charge in [-0.3, -0.25) is 4.98 Å². The highest BCUT2D eigenvalue weighted by Crippen LogP contribution is 2.43. The molecule has 1 N–H and O–H groups in total. The topological polar surface area (TPSA) is 62.7 Å². The highest BCUT2D eigenvalue weighted by atomic mass is 16.6. The second kappa shape index (κ2) is 9.12. The highest BCUT2D eigenvalue weighted by Gasteiger charge is 2.46. The van der Waals surface area contributed by atoms with Crippen LogP contribution in [0.3, 0.4) is 0 Å². The number of ether oxygens (including phenoxy) is 1. The Kier molecular flexibility index (Phi) is 6.14. The first-order chi connectivity index (χ1) is 16.7. The van der Waals surface area contributed by atoms with Crippen LogP contribution in [0.25, 0.3) is 11.1 Å². The van der Waals surface area contributed by atoms with Crippen LogP contribution in [0.5, 0.6) is 0 Å². The molecule has 0 unspecified atom stereocenters. The summed E-state index contributed by atoms with van der Waals surface area (Å²) in [6, 6.07) is 22.4. The second-order valence-corrected chi connectivity index (χ2v) is 10.7. The van der Waals surface area contributed by atoms with Crippen LogP contribution in [-0.2, 0) is 10.3 Å². The zero-order chi connectivity index (χ0) is 24.6. The van der Waals surface area contributed by atoms with Gasteiger partial charge in [0.15, 0.2) is 0 Å². The van der Waals surface area contributed by atoms with Crippen LogP contribution in [-0.4, -0.2) is 33.2 Å². The summed E-state index contributed by atoms with van der Waals surface area (Å²) in [5.74, 6) is 0.624. The number of hydrogen-bond donors (Lipinski definition) is 1. The Morgan fingerprint density at radius 2 is 1.80 bits per heavy atom. The van der Waals surface area contributed by atoms with Crippen molar-refractivity contribution in [3.63, 3.8) is 0 Å². The van der Waals surface area contributed by atoms with E-state index >= 15 is 0 Å². The summed E-state index contributed by atoms with van der Waals surface area (Å²) in [6.45, 7) is 6.12. The number of aliphatic hydroxyl groups is 1. The molecule has 1 aliphatic carbocycles. The van der Waals surface area contributed by atoms with E-state index in [0.717, 1.165) is 16.7 Å². The fourth-order valence-corrected chi connectivity index (χ4v) is 5.26. The van der Waals surface area contributed by atoms with Crippen LogP contribution in [0.1, 0.15) is 75.2 Å². The fourth-order valence-electron chi connectivity index (χ4n) is 5.26. The van der Waals surface area contributed by atoms with E-state index in [1.807, 2.05) is 43.5 Å². The van der Waals surface area contributed by atoms with Gasteiger partial charge < -0.3 is 14.7 Å². The van der Waals surface area contributed by atoms with Gasteiger partial charge in [0, 0.05) is 37.2 Å². The van der Waals surface area contributed by atoms with Crippen molar-refractivity contribution >= 4 is 6.09 Å². The molecule has 2 heterocycles. The van der Waals surface area contributed by atoms with Gasteiger partial charge in [-0.1, -0.05) is 54.6 Å². The molecule has 5 heteroatoms. The lowest BCUT2D eigenvalue weighted by Gasteiger charge is -2.45. The molecule has 1 aliphatic heterocycles. The minimum Gasteiger partial charge on any atom is -0.438 e. The molecule has 1 saturated carbocycles. The summed E-state index contributed by atoms with van der Waals surface area (Å²) in [5, 5.41) is 10.6. The maximum atomic E-state index is 13.3. The number of pyridine rings is 1. The third-order valence-corrected chi connectivity index (χ3v) is 7.26. The van der Waals surface area contributed by atoms with Crippen molar-refractivity contribution in [2.24, 2.45) is 0 Å². The van der Waals surface area contributed by atoms with Gasteiger partial charge in [-0.05, 0) is 68.0 Å². The summed E-state index contributed by atoms with van der Waals surface area (Å²) in [4.78, 5) is 19.6. The normalized spacial score (nSPS) is 21.5. The Morgan fingerprint density at radius 1 is 1.09 bits per heavy atom. The molecule has 2 aromatic carbocycles. The molecule has 0 radical (unpaired) electrons. The average Bonchev–Trinajstić information content (AvgIpc) is 3.69. The van der Waals surface area contributed by atoms with E-state index < -0.39 is 11.2 Å². The van der Waals surface area contributed by atoms with Gasteiger partial charge in [0.05, 0.1) is 11.6 Å². The molecular formula is C30H34N2O3. The number of carbonyl (C=O) groups is 1. The Morgan fingerprint density at radius 3 is 2.43 bits per heavy atom. The molecule has 1 amide bonds. The van der Waals surface area contributed by atoms with Crippen molar-refractivity contribution in [1.29, 1.82) is 0 Å². The highest BCUT2D eigenvalue weighted by molar-refractivity contribution is 5.70.